The number of rotatable bonds is 3. The van der Waals surface area contributed by atoms with Crippen LogP contribution in [0.4, 0.5) is 13.2 Å². The lowest BCUT2D eigenvalue weighted by Gasteiger charge is -2.32. The summed E-state index contributed by atoms with van der Waals surface area (Å²) in [5.74, 6) is 0.126. The molecule has 0 radical (unpaired) electrons. The quantitative estimate of drug-likeness (QED) is 0.930. The molecule has 0 saturated carbocycles. The Kier molecular flexibility index (Phi) is 4.33. The van der Waals surface area contributed by atoms with Crippen LogP contribution in [0.15, 0.2) is 18.5 Å². The number of halogens is 3. The lowest BCUT2D eigenvalue weighted by molar-refractivity contribution is -0.141. The summed E-state index contributed by atoms with van der Waals surface area (Å²) in [5.41, 5.74) is -0.167. The molecule has 9 heteroatoms. The number of likely N-dealkylation sites (tertiary alicyclic amines) is 1. The predicted octanol–water partition coefficient (Wildman–Crippen LogP) is 2.11. The molecule has 0 bridgehead atoms. The zero-order chi connectivity index (χ0) is 17.3. The summed E-state index contributed by atoms with van der Waals surface area (Å²) in [6.45, 7) is 0.995. The summed E-state index contributed by atoms with van der Waals surface area (Å²) in [6, 6.07) is 1.73. The first-order valence-electron chi connectivity index (χ1n) is 7.71. The molecule has 2 aromatic rings. The molecule has 130 valence electrons. The second kappa shape index (κ2) is 6.29. The average Bonchev–Trinajstić information content (AvgIpc) is 3.16. The van der Waals surface area contributed by atoms with Gasteiger partial charge in [0.1, 0.15) is 5.82 Å². The fraction of sp³-hybridized carbons (Fsp3) is 0.533. The van der Waals surface area contributed by atoms with E-state index in [1.165, 1.54) is 4.57 Å². The Labute approximate surface area is 136 Å². The Hall–Kier alpha value is -2.32. The van der Waals surface area contributed by atoms with Crippen LogP contribution < -0.4 is 0 Å². The van der Waals surface area contributed by atoms with E-state index in [9.17, 15) is 18.0 Å². The number of amides is 1. The van der Waals surface area contributed by atoms with Crippen molar-refractivity contribution in [3.05, 3.63) is 35.7 Å². The summed E-state index contributed by atoms with van der Waals surface area (Å²) in [5, 5.41) is 6.54. The van der Waals surface area contributed by atoms with Gasteiger partial charge in [0.15, 0.2) is 5.69 Å². The minimum atomic E-state index is -4.46. The number of carbonyl (C=O) groups excluding carboxylic acids is 1. The van der Waals surface area contributed by atoms with Crippen LogP contribution in [-0.4, -0.2) is 43.6 Å². The molecule has 1 aliphatic heterocycles. The summed E-state index contributed by atoms with van der Waals surface area (Å²) >= 11 is 0. The van der Waals surface area contributed by atoms with Crippen molar-refractivity contribution in [3.63, 3.8) is 0 Å². The molecule has 0 spiro atoms. The molecular weight excluding hydrogens is 323 g/mol. The van der Waals surface area contributed by atoms with Crippen LogP contribution in [-0.2, 0) is 24.4 Å². The zero-order valence-corrected chi connectivity index (χ0v) is 13.2. The zero-order valence-electron chi connectivity index (χ0n) is 13.2. The van der Waals surface area contributed by atoms with Crippen molar-refractivity contribution in [2.45, 2.75) is 31.4 Å². The molecule has 1 aliphatic rings. The van der Waals surface area contributed by atoms with Crippen molar-refractivity contribution in [2.24, 2.45) is 7.05 Å². The molecule has 0 aromatic carbocycles. The minimum Gasteiger partial charge on any atom is -0.342 e. The first kappa shape index (κ1) is 16.5. The third-order valence-corrected chi connectivity index (χ3v) is 4.24. The van der Waals surface area contributed by atoms with Crippen molar-refractivity contribution in [3.8, 4) is 0 Å². The van der Waals surface area contributed by atoms with Gasteiger partial charge >= 0.3 is 6.18 Å². The third-order valence-electron chi connectivity index (χ3n) is 4.24. The van der Waals surface area contributed by atoms with Gasteiger partial charge in [-0.25, -0.2) is 4.98 Å². The summed E-state index contributed by atoms with van der Waals surface area (Å²) in [4.78, 5) is 17.8. The van der Waals surface area contributed by atoms with E-state index >= 15 is 0 Å². The number of carbonyl (C=O) groups is 1. The molecule has 1 saturated heterocycles. The van der Waals surface area contributed by atoms with Gasteiger partial charge in [0.25, 0.3) is 0 Å². The first-order chi connectivity index (χ1) is 11.3. The van der Waals surface area contributed by atoms with E-state index in [2.05, 4.69) is 15.2 Å². The number of imidazole rings is 1. The second-order valence-corrected chi connectivity index (χ2v) is 6.03. The molecule has 1 N–H and O–H groups in total. The van der Waals surface area contributed by atoms with Crippen molar-refractivity contribution in [1.82, 2.24) is 24.6 Å². The van der Waals surface area contributed by atoms with Gasteiger partial charge in [-0.05, 0) is 18.9 Å². The van der Waals surface area contributed by atoms with Crippen LogP contribution >= 0.6 is 0 Å². The van der Waals surface area contributed by atoms with Crippen LogP contribution in [0.2, 0.25) is 0 Å². The molecule has 3 rings (SSSR count). The standard InChI is InChI=1S/C15H18F3N5O/c1-22-9-12(15(16,17)18)20-14(22)10-3-2-6-23(8-10)13(24)7-11-4-5-19-21-11/h4-5,9-10H,2-3,6-8H2,1H3,(H,19,21). The van der Waals surface area contributed by atoms with Gasteiger partial charge < -0.3 is 9.47 Å². The van der Waals surface area contributed by atoms with Gasteiger partial charge in [0, 0.05) is 44.1 Å². The Balaban J connectivity index is 1.71. The molecule has 1 amide bonds. The number of hydrogen-bond donors (Lipinski definition) is 1. The number of aryl methyl sites for hydroxylation is 1. The maximum absolute atomic E-state index is 12.8. The normalized spacial score (nSPS) is 18.8. The van der Waals surface area contributed by atoms with E-state index < -0.39 is 11.9 Å². The number of aromatic amines is 1. The summed E-state index contributed by atoms with van der Waals surface area (Å²) < 4.78 is 39.9. The Morgan fingerprint density at radius 1 is 1.46 bits per heavy atom. The van der Waals surface area contributed by atoms with Gasteiger partial charge in [0.2, 0.25) is 5.91 Å². The van der Waals surface area contributed by atoms with Crippen molar-refractivity contribution in [2.75, 3.05) is 13.1 Å². The number of nitrogens with one attached hydrogen (secondary N) is 1. The molecule has 1 fully saturated rings. The van der Waals surface area contributed by atoms with Crippen LogP contribution in [0.3, 0.4) is 0 Å². The Morgan fingerprint density at radius 2 is 2.25 bits per heavy atom. The topological polar surface area (TPSA) is 66.8 Å². The number of H-pyrrole nitrogens is 1. The van der Waals surface area contributed by atoms with E-state index in [1.807, 2.05) is 0 Å². The molecule has 2 aromatic heterocycles. The monoisotopic (exact) mass is 341 g/mol. The number of nitrogens with zero attached hydrogens (tertiary/aromatic N) is 4. The van der Waals surface area contributed by atoms with Crippen molar-refractivity contribution >= 4 is 5.91 Å². The largest absolute Gasteiger partial charge is 0.434 e. The van der Waals surface area contributed by atoms with E-state index in [4.69, 9.17) is 0 Å². The highest BCUT2D eigenvalue weighted by atomic mass is 19.4. The Morgan fingerprint density at radius 3 is 2.88 bits per heavy atom. The lowest BCUT2D eigenvalue weighted by Crippen LogP contribution is -2.40. The summed E-state index contributed by atoms with van der Waals surface area (Å²) in [6.07, 6.45) is -0.208. The van der Waals surface area contributed by atoms with E-state index in [0.717, 1.165) is 24.7 Å². The second-order valence-electron chi connectivity index (χ2n) is 6.03. The maximum atomic E-state index is 12.8. The number of alkyl halides is 3. The van der Waals surface area contributed by atoms with Crippen molar-refractivity contribution < 1.29 is 18.0 Å². The lowest BCUT2D eigenvalue weighted by atomic mass is 9.96. The van der Waals surface area contributed by atoms with E-state index in [1.54, 1.807) is 24.2 Å². The van der Waals surface area contributed by atoms with Crippen LogP contribution in [0.1, 0.15) is 36.0 Å². The van der Waals surface area contributed by atoms with Gasteiger partial charge in [-0.15, -0.1) is 0 Å². The molecule has 1 unspecified atom stereocenters. The number of aromatic nitrogens is 4. The van der Waals surface area contributed by atoms with E-state index in [0.29, 0.717) is 18.9 Å². The first-order valence-corrected chi connectivity index (χ1v) is 7.71. The number of piperidine rings is 1. The molecular formula is C15H18F3N5O. The minimum absolute atomic E-state index is 0.0609. The summed E-state index contributed by atoms with van der Waals surface area (Å²) in [7, 11) is 1.56. The van der Waals surface area contributed by atoms with Gasteiger partial charge in [-0.3, -0.25) is 9.89 Å². The smallest absolute Gasteiger partial charge is 0.342 e. The van der Waals surface area contributed by atoms with Gasteiger partial charge in [-0.2, -0.15) is 18.3 Å². The molecule has 0 aliphatic carbocycles. The molecule has 1 atom stereocenters. The SMILES string of the molecule is Cn1cc(C(F)(F)F)nc1C1CCCN(C(=O)Cc2ccn[nH]2)C1. The molecule has 3 heterocycles. The van der Waals surface area contributed by atoms with Gasteiger partial charge in [0.05, 0.1) is 6.42 Å². The highest BCUT2D eigenvalue weighted by molar-refractivity contribution is 5.78. The van der Waals surface area contributed by atoms with Crippen LogP contribution in [0.25, 0.3) is 0 Å². The number of hydrogen-bond acceptors (Lipinski definition) is 3. The van der Waals surface area contributed by atoms with E-state index in [-0.39, 0.29) is 18.2 Å². The predicted molar refractivity (Wildman–Crippen MR) is 79.1 cm³/mol. The molecule has 6 nitrogen and oxygen atoms in total. The highest BCUT2D eigenvalue weighted by Crippen LogP contribution is 2.32. The maximum Gasteiger partial charge on any atom is 0.434 e. The van der Waals surface area contributed by atoms with Crippen LogP contribution in [0.5, 0.6) is 0 Å². The highest BCUT2D eigenvalue weighted by Gasteiger charge is 2.36. The van der Waals surface area contributed by atoms with Crippen LogP contribution in [0, 0.1) is 0 Å². The fourth-order valence-electron chi connectivity index (χ4n) is 3.07. The Bertz CT molecular complexity index is 707. The van der Waals surface area contributed by atoms with Crippen molar-refractivity contribution in [1.29, 1.82) is 0 Å². The average molecular weight is 341 g/mol. The third kappa shape index (κ3) is 3.44. The van der Waals surface area contributed by atoms with Gasteiger partial charge in [-0.1, -0.05) is 0 Å². The molecule has 24 heavy (non-hydrogen) atoms. The fourth-order valence-corrected chi connectivity index (χ4v) is 3.07.